The summed E-state index contributed by atoms with van der Waals surface area (Å²) in [4.78, 5) is 4.33. The molecule has 0 radical (unpaired) electrons. The molecule has 0 aliphatic heterocycles. The smallest absolute Gasteiger partial charge is 0.109 e. The lowest BCUT2D eigenvalue weighted by Gasteiger charge is -2.08. The molecule has 1 aromatic carbocycles. The van der Waals surface area contributed by atoms with E-state index in [4.69, 9.17) is 0 Å². The Balaban J connectivity index is 2.39. The van der Waals surface area contributed by atoms with Crippen molar-refractivity contribution < 1.29 is 4.57 Å². The first-order valence-corrected chi connectivity index (χ1v) is 8.15. The molecule has 2 aromatic rings. The summed E-state index contributed by atoms with van der Waals surface area (Å²) in [6, 6.07) is 11.9. The van der Waals surface area contributed by atoms with Crippen molar-refractivity contribution >= 4 is 12.4 Å². The molecule has 3 heteroatoms. The van der Waals surface area contributed by atoms with E-state index >= 15 is 0 Å². The van der Waals surface area contributed by atoms with Gasteiger partial charge in [-0.25, -0.2) is 0 Å². The molecule has 0 fully saturated rings. The van der Waals surface area contributed by atoms with Crippen LogP contribution in [0.5, 0.6) is 0 Å². The second-order valence-electron chi connectivity index (χ2n) is 4.62. The number of rotatable bonds is 2. The van der Waals surface area contributed by atoms with E-state index in [0.29, 0.717) is 0 Å². The molecular weight excluding hydrogens is 229 g/mol. The molecule has 0 bridgehead atoms. The van der Waals surface area contributed by atoms with Crippen LogP contribution in [-0.2, 0) is 4.57 Å². The Labute approximate surface area is 102 Å². The van der Waals surface area contributed by atoms with Crippen molar-refractivity contribution in [2.75, 3.05) is 13.3 Å². The van der Waals surface area contributed by atoms with Crippen LogP contribution in [0.25, 0.3) is 11.3 Å². The van der Waals surface area contributed by atoms with Crippen LogP contribution in [0.15, 0.2) is 42.6 Å². The fraction of sp³-hybridized carbons (Fsp3) is 0.214. The zero-order valence-electron chi connectivity index (χ0n) is 10.3. The molecule has 0 N–H and O–H groups in total. The lowest BCUT2D eigenvalue weighted by Crippen LogP contribution is -2.01. The predicted molar refractivity (Wildman–Crippen MR) is 73.5 cm³/mol. The van der Waals surface area contributed by atoms with Gasteiger partial charge in [0.05, 0.1) is 5.69 Å². The maximum atomic E-state index is 11.9. The Morgan fingerprint density at radius 2 is 1.71 bits per heavy atom. The van der Waals surface area contributed by atoms with Crippen LogP contribution in [-0.4, -0.2) is 18.3 Å². The van der Waals surface area contributed by atoms with Crippen LogP contribution in [0.4, 0.5) is 0 Å². The number of aryl methyl sites for hydroxylation is 1. The molecule has 0 spiro atoms. The summed E-state index contributed by atoms with van der Waals surface area (Å²) < 4.78 is 11.9. The van der Waals surface area contributed by atoms with E-state index in [1.165, 1.54) is 5.56 Å². The Morgan fingerprint density at radius 3 is 2.24 bits per heavy atom. The van der Waals surface area contributed by atoms with Crippen LogP contribution < -0.4 is 5.30 Å². The summed E-state index contributed by atoms with van der Waals surface area (Å²) in [6.07, 6.45) is 1.81. The van der Waals surface area contributed by atoms with Gasteiger partial charge < -0.3 is 4.57 Å². The SMILES string of the molecule is Cc1ccnc(-c2ccc(P(C)(C)=O)cc2)c1. The highest BCUT2D eigenvalue weighted by Crippen LogP contribution is 2.34. The summed E-state index contributed by atoms with van der Waals surface area (Å²) in [5.41, 5.74) is 3.21. The number of pyridine rings is 1. The minimum absolute atomic E-state index is 0.911. The van der Waals surface area contributed by atoms with E-state index in [2.05, 4.69) is 4.98 Å². The predicted octanol–water partition coefficient (Wildman–Crippen LogP) is 3.31. The summed E-state index contributed by atoms with van der Waals surface area (Å²) >= 11 is 0. The van der Waals surface area contributed by atoms with Gasteiger partial charge in [0.2, 0.25) is 0 Å². The van der Waals surface area contributed by atoms with Crippen LogP contribution in [0.3, 0.4) is 0 Å². The van der Waals surface area contributed by atoms with Gasteiger partial charge in [-0.1, -0.05) is 24.3 Å². The van der Waals surface area contributed by atoms with E-state index in [-0.39, 0.29) is 0 Å². The van der Waals surface area contributed by atoms with E-state index in [0.717, 1.165) is 16.6 Å². The number of hydrogen-bond donors (Lipinski definition) is 0. The van der Waals surface area contributed by atoms with Crippen molar-refractivity contribution in [2.24, 2.45) is 0 Å². The maximum Gasteiger partial charge on any atom is 0.109 e. The Bertz CT molecular complexity index is 569. The summed E-state index contributed by atoms with van der Waals surface area (Å²) in [5, 5.41) is 0.911. The molecule has 0 atom stereocenters. The molecule has 2 rings (SSSR count). The minimum Gasteiger partial charge on any atom is -0.319 e. The van der Waals surface area contributed by atoms with Gasteiger partial charge in [0.25, 0.3) is 0 Å². The highest BCUT2D eigenvalue weighted by Gasteiger charge is 2.10. The Hall–Kier alpha value is -1.40. The van der Waals surface area contributed by atoms with Crippen molar-refractivity contribution in [3.63, 3.8) is 0 Å². The number of nitrogens with zero attached hydrogens (tertiary/aromatic N) is 1. The topological polar surface area (TPSA) is 30.0 Å². The lowest BCUT2D eigenvalue weighted by molar-refractivity contribution is 0.588. The van der Waals surface area contributed by atoms with Crippen LogP contribution in [0, 0.1) is 6.92 Å². The van der Waals surface area contributed by atoms with Crippen LogP contribution >= 0.6 is 7.14 Å². The van der Waals surface area contributed by atoms with E-state index in [1.54, 1.807) is 13.3 Å². The molecule has 0 aliphatic carbocycles. The van der Waals surface area contributed by atoms with Crippen molar-refractivity contribution in [3.05, 3.63) is 48.2 Å². The number of benzene rings is 1. The molecule has 0 amide bonds. The highest BCUT2D eigenvalue weighted by molar-refractivity contribution is 7.70. The third-order valence-electron chi connectivity index (χ3n) is 2.70. The normalized spacial score (nSPS) is 11.5. The third kappa shape index (κ3) is 2.83. The lowest BCUT2D eigenvalue weighted by atomic mass is 10.1. The number of aromatic nitrogens is 1. The molecule has 17 heavy (non-hydrogen) atoms. The van der Waals surface area contributed by atoms with Gasteiger partial charge in [-0.15, -0.1) is 0 Å². The summed E-state index contributed by atoms with van der Waals surface area (Å²) in [7, 11) is -2.16. The molecule has 0 saturated carbocycles. The maximum absolute atomic E-state index is 11.9. The molecule has 1 heterocycles. The zero-order valence-corrected chi connectivity index (χ0v) is 11.2. The molecule has 1 aromatic heterocycles. The van der Waals surface area contributed by atoms with Gasteiger partial charge in [-0.3, -0.25) is 4.98 Å². The monoisotopic (exact) mass is 245 g/mol. The Morgan fingerprint density at radius 1 is 1.06 bits per heavy atom. The van der Waals surface area contributed by atoms with Crippen molar-refractivity contribution in [2.45, 2.75) is 6.92 Å². The first-order chi connectivity index (χ1) is 7.97. The molecule has 0 unspecified atom stereocenters. The summed E-state index contributed by atoms with van der Waals surface area (Å²) in [6.45, 7) is 5.62. The van der Waals surface area contributed by atoms with Crippen molar-refractivity contribution in [3.8, 4) is 11.3 Å². The highest BCUT2D eigenvalue weighted by atomic mass is 31.2. The molecule has 0 saturated heterocycles. The summed E-state index contributed by atoms with van der Waals surface area (Å²) in [5.74, 6) is 0. The average molecular weight is 245 g/mol. The third-order valence-corrected chi connectivity index (χ3v) is 4.24. The van der Waals surface area contributed by atoms with Crippen LogP contribution in [0.2, 0.25) is 0 Å². The fourth-order valence-corrected chi connectivity index (χ4v) is 2.55. The Kier molecular flexibility index (Phi) is 3.17. The molecule has 88 valence electrons. The van der Waals surface area contributed by atoms with Crippen LogP contribution in [0.1, 0.15) is 5.56 Å². The van der Waals surface area contributed by atoms with Gasteiger partial charge in [-0.05, 0) is 37.9 Å². The van der Waals surface area contributed by atoms with Gasteiger partial charge in [0.15, 0.2) is 0 Å². The quantitative estimate of drug-likeness (QED) is 0.760. The average Bonchev–Trinajstić information content (AvgIpc) is 2.28. The number of hydrogen-bond acceptors (Lipinski definition) is 2. The largest absolute Gasteiger partial charge is 0.319 e. The van der Waals surface area contributed by atoms with E-state index in [9.17, 15) is 4.57 Å². The molecular formula is C14H16NOP. The standard InChI is InChI=1S/C14H16NOP/c1-11-8-9-15-14(10-11)12-4-6-13(7-5-12)17(2,3)16/h4-10H,1-3H3. The van der Waals surface area contributed by atoms with Crippen molar-refractivity contribution in [1.29, 1.82) is 0 Å². The van der Waals surface area contributed by atoms with Gasteiger partial charge in [-0.2, -0.15) is 0 Å². The first-order valence-electron chi connectivity index (χ1n) is 5.55. The van der Waals surface area contributed by atoms with Gasteiger partial charge >= 0.3 is 0 Å². The minimum atomic E-state index is -2.16. The first kappa shape index (κ1) is 12.1. The molecule has 2 nitrogen and oxygen atoms in total. The van der Waals surface area contributed by atoms with E-state index in [1.807, 2.05) is 49.5 Å². The van der Waals surface area contributed by atoms with E-state index < -0.39 is 7.14 Å². The fourth-order valence-electron chi connectivity index (χ4n) is 1.69. The van der Waals surface area contributed by atoms with Crippen molar-refractivity contribution in [1.82, 2.24) is 4.98 Å². The van der Waals surface area contributed by atoms with Gasteiger partial charge in [0, 0.05) is 17.1 Å². The van der Waals surface area contributed by atoms with Gasteiger partial charge in [0.1, 0.15) is 7.14 Å². The molecule has 0 aliphatic rings. The second-order valence-corrected chi connectivity index (χ2v) is 7.83. The second kappa shape index (κ2) is 4.46. The zero-order chi connectivity index (χ0) is 12.5.